The zero-order valence-electron chi connectivity index (χ0n) is 27.5. The third-order valence-corrected chi connectivity index (χ3v) is 9.39. The molecule has 42 heavy (non-hydrogen) atoms. The maximum atomic E-state index is 6.39. The van der Waals surface area contributed by atoms with Crippen LogP contribution in [0.25, 0.3) is 0 Å². The van der Waals surface area contributed by atoms with E-state index in [2.05, 4.69) is 62.3 Å². The van der Waals surface area contributed by atoms with Crippen LogP contribution in [0.1, 0.15) is 114 Å². The number of hydrogen-bond donors (Lipinski definition) is 0. The maximum Gasteiger partial charge on any atom is 0.494 e. The molecule has 2 aliphatic rings. The van der Waals surface area contributed by atoms with E-state index in [1.54, 1.807) is 0 Å². The lowest BCUT2D eigenvalue weighted by Crippen LogP contribution is -2.41. The molecule has 230 valence electrons. The van der Waals surface area contributed by atoms with Gasteiger partial charge in [0.2, 0.25) is 6.29 Å². The average molecular weight is 578 g/mol. The molecule has 2 aliphatic heterocycles. The van der Waals surface area contributed by atoms with Crippen molar-refractivity contribution >= 4 is 25.2 Å². The van der Waals surface area contributed by atoms with Crippen LogP contribution in [0.2, 0.25) is 0 Å². The third kappa shape index (κ3) is 7.93. The van der Waals surface area contributed by atoms with Gasteiger partial charge in [-0.3, -0.25) is 0 Å². The Hall–Kier alpha value is -1.99. The third-order valence-electron chi connectivity index (χ3n) is 9.39. The normalized spacial score (nSPS) is 20.3. The Kier molecular flexibility index (Phi) is 10.5. The Labute approximate surface area is 255 Å². The molecule has 0 N–H and O–H groups in total. The summed E-state index contributed by atoms with van der Waals surface area (Å²) in [5, 5.41) is 0. The summed E-state index contributed by atoms with van der Waals surface area (Å²) in [6, 6.07) is 16.0. The highest BCUT2D eigenvalue weighted by Gasteiger charge is 2.52. The van der Waals surface area contributed by atoms with Crippen molar-refractivity contribution in [3.05, 3.63) is 48.5 Å². The quantitative estimate of drug-likeness (QED) is 0.134. The van der Waals surface area contributed by atoms with Gasteiger partial charge in [0, 0.05) is 6.42 Å². The minimum Gasteiger partial charge on any atom is -0.455 e. The fourth-order valence-corrected chi connectivity index (χ4v) is 5.08. The fraction of sp³-hybridized carbons (Fsp3) is 0.647. The van der Waals surface area contributed by atoms with Gasteiger partial charge in [0.05, 0.1) is 22.4 Å². The first-order valence-corrected chi connectivity index (χ1v) is 16.0. The summed E-state index contributed by atoms with van der Waals surface area (Å²) in [5.41, 5.74) is 0.453. The summed E-state index contributed by atoms with van der Waals surface area (Å²) in [4.78, 5) is 0. The molecule has 0 amide bonds. The Bertz CT molecular complexity index is 1020. The highest BCUT2D eigenvalue weighted by Crippen LogP contribution is 2.37. The number of hydrogen-bond acceptors (Lipinski definition) is 6. The topological polar surface area (TPSA) is 55.4 Å². The highest BCUT2D eigenvalue weighted by molar-refractivity contribution is 6.62. The SMILES string of the molecule is CCCCCCCCCC(Oc1ccc(B2OC(C)(C)C(C)(C)O2)cc1)Oc1ccc(B2OC(C)(C)C(C)(C)O2)cc1. The number of benzene rings is 2. The van der Waals surface area contributed by atoms with Gasteiger partial charge in [-0.2, -0.15) is 0 Å². The minimum atomic E-state index is -0.397. The van der Waals surface area contributed by atoms with Gasteiger partial charge in [0.15, 0.2) is 0 Å². The van der Waals surface area contributed by atoms with Crippen LogP contribution in [0.4, 0.5) is 0 Å². The predicted molar refractivity (Wildman–Crippen MR) is 172 cm³/mol. The molecule has 0 bridgehead atoms. The van der Waals surface area contributed by atoms with Crippen molar-refractivity contribution in [1.82, 2.24) is 0 Å². The van der Waals surface area contributed by atoms with E-state index in [4.69, 9.17) is 28.1 Å². The largest absolute Gasteiger partial charge is 0.494 e. The second-order valence-corrected chi connectivity index (χ2v) is 13.9. The number of unbranched alkanes of at least 4 members (excludes halogenated alkanes) is 6. The van der Waals surface area contributed by atoms with Crippen LogP contribution in [0.15, 0.2) is 48.5 Å². The first-order valence-electron chi connectivity index (χ1n) is 16.0. The molecule has 0 atom stereocenters. The first kappa shape index (κ1) is 32.9. The predicted octanol–water partition coefficient (Wildman–Crippen LogP) is 7.21. The van der Waals surface area contributed by atoms with E-state index in [0.29, 0.717) is 0 Å². The Balaban J connectivity index is 1.39. The zero-order valence-corrected chi connectivity index (χ0v) is 27.5. The molecule has 2 saturated heterocycles. The van der Waals surface area contributed by atoms with E-state index in [9.17, 15) is 0 Å². The average Bonchev–Trinajstić information content (AvgIpc) is 3.28. The molecular weight excluding hydrogens is 526 g/mol. The number of ether oxygens (including phenoxy) is 2. The van der Waals surface area contributed by atoms with Gasteiger partial charge in [-0.05, 0) is 97.0 Å². The van der Waals surface area contributed by atoms with Gasteiger partial charge < -0.3 is 28.1 Å². The lowest BCUT2D eigenvalue weighted by Gasteiger charge is -2.32. The summed E-state index contributed by atoms with van der Waals surface area (Å²) >= 11 is 0. The Morgan fingerprint density at radius 1 is 0.524 bits per heavy atom. The molecule has 0 aromatic heterocycles. The van der Waals surface area contributed by atoms with Crippen molar-refractivity contribution in [2.24, 2.45) is 0 Å². The Morgan fingerprint density at radius 2 is 0.857 bits per heavy atom. The van der Waals surface area contributed by atoms with Gasteiger partial charge in [-0.25, -0.2) is 0 Å². The fourth-order valence-electron chi connectivity index (χ4n) is 5.08. The number of rotatable bonds is 14. The molecule has 2 fully saturated rings. The molecule has 0 aliphatic carbocycles. The van der Waals surface area contributed by atoms with Gasteiger partial charge >= 0.3 is 14.2 Å². The molecule has 4 rings (SSSR count). The molecular formula is C34H52B2O6. The van der Waals surface area contributed by atoms with Gasteiger partial charge in [0.1, 0.15) is 11.5 Å². The lowest BCUT2D eigenvalue weighted by molar-refractivity contribution is -0.00243. The molecule has 0 spiro atoms. The van der Waals surface area contributed by atoms with Crippen molar-refractivity contribution in [1.29, 1.82) is 0 Å². The second-order valence-electron chi connectivity index (χ2n) is 13.9. The molecule has 2 heterocycles. The van der Waals surface area contributed by atoms with E-state index in [1.165, 1.54) is 38.5 Å². The van der Waals surface area contributed by atoms with Gasteiger partial charge in [-0.15, -0.1) is 0 Å². The molecule has 6 nitrogen and oxygen atoms in total. The first-order chi connectivity index (χ1) is 19.7. The second kappa shape index (κ2) is 13.3. The monoisotopic (exact) mass is 578 g/mol. The lowest BCUT2D eigenvalue weighted by atomic mass is 9.79. The van der Waals surface area contributed by atoms with Gasteiger partial charge in [0.25, 0.3) is 0 Å². The molecule has 2 aromatic rings. The van der Waals surface area contributed by atoms with Crippen LogP contribution >= 0.6 is 0 Å². The van der Waals surface area contributed by atoms with Crippen molar-refractivity contribution in [3.63, 3.8) is 0 Å². The van der Waals surface area contributed by atoms with E-state index in [-0.39, 0.29) is 22.4 Å². The van der Waals surface area contributed by atoms with Crippen LogP contribution in [0.3, 0.4) is 0 Å². The Morgan fingerprint density at radius 3 is 1.21 bits per heavy atom. The van der Waals surface area contributed by atoms with E-state index in [0.717, 1.165) is 35.3 Å². The van der Waals surface area contributed by atoms with Crippen LogP contribution in [-0.4, -0.2) is 42.9 Å². The smallest absolute Gasteiger partial charge is 0.455 e. The molecule has 8 heteroatoms. The van der Waals surface area contributed by atoms with Crippen LogP contribution < -0.4 is 20.4 Å². The summed E-state index contributed by atoms with van der Waals surface area (Å²) in [5.74, 6) is 1.52. The summed E-state index contributed by atoms with van der Waals surface area (Å²) in [6.45, 7) is 18.8. The van der Waals surface area contributed by atoms with Crippen molar-refractivity contribution in [2.45, 2.75) is 142 Å². The summed E-state index contributed by atoms with van der Waals surface area (Å²) in [6.07, 6.45) is 9.08. The van der Waals surface area contributed by atoms with Crippen LogP contribution in [-0.2, 0) is 18.6 Å². The summed E-state index contributed by atoms with van der Waals surface area (Å²) in [7, 11) is -0.794. The zero-order chi connectivity index (χ0) is 30.6. The van der Waals surface area contributed by atoms with Crippen molar-refractivity contribution < 1.29 is 28.1 Å². The van der Waals surface area contributed by atoms with Crippen LogP contribution in [0.5, 0.6) is 11.5 Å². The van der Waals surface area contributed by atoms with E-state index in [1.807, 2.05) is 48.5 Å². The van der Waals surface area contributed by atoms with Crippen LogP contribution in [0, 0.1) is 0 Å². The maximum absolute atomic E-state index is 6.39. The molecule has 2 aromatic carbocycles. The standard InChI is InChI=1S/C34H52B2O6/c1-10-11-12-13-14-15-16-17-30(37-28-22-18-26(19-23-28)35-39-31(2,3)32(4,5)40-35)38-29-24-20-27(21-25-29)36-41-33(6,7)34(8,9)42-36/h18-25,30H,10-17H2,1-9H3. The van der Waals surface area contributed by atoms with E-state index < -0.39 is 20.5 Å². The highest BCUT2D eigenvalue weighted by atomic mass is 16.7. The molecule has 0 unspecified atom stereocenters. The molecule has 0 saturated carbocycles. The molecule has 0 radical (unpaired) electrons. The summed E-state index contributed by atoms with van der Waals surface area (Å²) < 4.78 is 37.6. The van der Waals surface area contributed by atoms with E-state index >= 15 is 0 Å². The van der Waals surface area contributed by atoms with Crippen molar-refractivity contribution in [3.8, 4) is 11.5 Å². The minimum absolute atomic E-state index is 0.375. The van der Waals surface area contributed by atoms with Gasteiger partial charge in [-0.1, -0.05) is 69.7 Å². The van der Waals surface area contributed by atoms with Crippen molar-refractivity contribution in [2.75, 3.05) is 0 Å².